The smallest absolute Gasteiger partial charge is 0.180 e. The Hall–Kier alpha value is -1.68. The molecule has 0 aliphatic heterocycles. The first-order valence-corrected chi connectivity index (χ1v) is 5.41. The standard InChI is InChI=1S/C12H15N3O/c1-2-10-4-3-5-15-12(10)8-13-6-11-7-14-9-16-11/h3-5,7,9,13H,2,6,8H2,1H3. The summed E-state index contributed by atoms with van der Waals surface area (Å²) in [4.78, 5) is 8.22. The Morgan fingerprint density at radius 1 is 1.38 bits per heavy atom. The lowest BCUT2D eigenvalue weighted by Gasteiger charge is -2.06. The van der Waals surface area contributed by atoms with Gasteiger partial charge >= 0.3 is 0 Å². The van der Waals surface area contributed by atoms with Gasteiger partial charge in [0.15, 0.2) is 6.39 Å². The Kier molecular flexibility index (Phi) is 3.66. The van der Waals surface area contributed by atoms with E-state index in [1.165, 1.54) is 12.0 Å². The van der Waals surface area contributed by atoms with Crippen LogP contribution in [-0.4, -0.2) is 9.97 Å². The summed E-state index contributed by atoms with van der Waals surface area (Å²) in [5.74, 6) is 0.842. The van der Waals surface area contributed by atoms with Crippen molar-refractivity contribution in [3.63, 3.8) is 0 Å². The summed E-state index contributed by atoms with van der Waals surface area (Å²) in [5, 5.41) is 3.28. The van der Waals surface area contributed by atoms with E-state index in [1.807, 2.05) is 12.3 Å². The second kappa shape index (κ2) is 5.42. The number of nitrogens with zero attached hydrogens (tertiary/aromatic N) is 2. The molecule has 0 aliphatic rings. The Labute approximate surface area is 94.7 Å². The van der Waals surface area contributed by atoms with E-state index < -0.39 is 0 Å². The van der Waals surface area contributed by atoms with Gasteiger partial charge in [-0.15, -0.1) is 0 Å². The number of aryl methyl sites for hydroxylation is 1. The molecule has 16 heavy (non-hydrogen) atoms. The predicted octanol–water partition coefficient (Wildman–Crippen LogP) is 1.92. The fraction of sp³-hybridized carbons (Fsp3) is 0.333. The largest absolute Gasteiger partial charge is 0.447 e. The zero-order valence-electron chi connectivity index (χ0n) is 9.31. The molecule has 0 aromatic carbocycles. The fourth-order valence-electron chi connectivity index (χ4n) is 1.59. The minimum Gasteiger partial charge on any atom is -0.447 e. The third-order valence-corrected chi connectivity index (χ3v) is 2.44. The average molecular weight is 217 g/mol. The van der Waals surface area contributed by atoms with Gasteiger partial charge in [-0.1, -0.05) is 13.0 Å². The summed E-state index contributed by atoms with van der Waals surface area (Å²) >= 11 is 0. The molecule has 0 radical (unpaired) electrons. The van der Waals surface area contributed by atoms with Gasteiger partial charge in [-0.3, -0.25) is 4.98 Å². The van der Waals surface area contributed by atoms with Crippen LogP contribution < -0.4 is 5.32 Å². The number of hydrogen-bond acceptors (Lipinski definition) is 4. The Balaban J connectivity index is 1.89. The van der Waals surface area contributed by atoms with Crippen LogP contribution in [0.4, 0.5) is 0 Å². The predicted molar refractivity (Wildman–Crippen MR) is 60.7 cm³/mol. The van der Waals surface area contributed by atoms with Crippen molar-refractivity contribution in [1.29, 1.82) is 0 Å². The van der Waals surface area contributed by atoms with Gasteiger partial charge in [0.1, 0.15) is 5.76 Å². The summed E-state index contributed by atoms with van der Waals surface area (Å²) in [6, 6.07) is 4.08. The molecule has 84 valence electrons. The van der Waals surface area contributed by atoms with E-state index in [4.69, 9.17) is 4.42 Å². The van der Waals surface area contributed by atoms with E-state index >= 15 is 0 Å². The zero-order valence-corrected chi connectivity index (χ0v) is 9.31. The van der Waals surface area contributed by atoms with Crippen molar-refractivity contribution in [2.45, 2.75) is 26.4 Å². The fourth-order valence-corrected chi connectivity index (χ4v) is 1.59. The number of nitrogens with one attached hydrogen (secondary N) is 1. The zero-order chi connectivity index (χ0) is 11.2. The molecule has 0 aliphatic carbocycles. The molecule has 2 rings (SSSR count). The Bertz CT molecular complexity index is 426. The minimum atomic E-state index is 0.680. The molecular weight excluding hydrogens is 202 g/mol. The van der Waals surface area contributed by atoms with Gasteiger partial charge in [-0.2, -0.15) is 0 Å². The number of pyridine rings is 1. The highest BCUT2D eigenvalue weighted by Gasteiger charge is 2.01. The molecule has 4 heteroatoms. The van der Waals surface area contributed by atoms with Gasteiger partial charge in [-0.25, -0.2) is 4.98 Å². The highest BCUT2D eigenvalue weighted by atomic mass is 16.3. The van der Waals surface area contributed by atoms with E-state index in [1.54, 1.807) is 6.20 Å². The van der Waals surface area contributed by atoms with Crippen LogP contribution in [0.1, 0.15) is 23.9 Å². The maximum Gasteiger partial charge on any atom is 0.180 e. The van der Waals surface area contributed by atoms with Gasteiger partial charge in [-0.05, 0) is 18.1 Å². The normalized spacial score (nSPS) is 10.6. The molecule has 4 nitrogen and oxygen atoms in total. The topological polar surface area (TPSA) is 51.0 Å². The van der Waals surface area contributed by atoms with Crippen LogP contribution >= 0.6 is 0 Å². The molecule has 0 fully saturated rings. The molecule has 0 saturated heterocycles. The van der Waals surface area contributed by atoms with Gasteiger partial charge in [0, 0.05) is 12.7 Å². The van der Waals surface area contributed by atoms with Gasteiger partial charge in [0.25, 0.3) is 0 Å². The first kappa shape index (κ1) is 10.8. The number of rotatable bonds is 5. The molecule has 2 aromatic rings. The molecule has 0 spiro atoms. The molecule has 0 amide bonds. The van der Waals surface area contributed by atoms with E-state index in [-0.39, 0.29) is 0 Å². The number of aromatic nitrogens is 2. The molecule has 2 aromatic heterocycles. The summed E-state index contributed by atoms with van der Waals surface area (Å²) < 4.78 is 5.13. The van der Waals surface area contributed by atoms with Crippen LogP contribution in [0.3, 0.4) is 0 Å². The van der Waals surface area contributed by atoms with Crippen LogP contribution in [0.5, 0.6) is 0 Å². The summed E-state index contributed by atoms with van der Waals surface area (Å²) in [5.41, 5.74) is 2.39. The Morgan fingerprint density at radius 3 is 3.06 bits per heavy atom. The minimum absolute atomic E-state index is 0.680. The quantitative estimate of drug-likeness (QED) is 0.831. The van der Waals surface area contributed by atoms with Crippen molar-refractivity contribution in [3.8, 4) is 0 Å². The van der Waals surface area contributed by atoms with Gasteiger partial charge in [0.05, 0.1) is 18.4 Å². The molecule has 0 bridgehead atoms. The summed E-state index contributed by atoms with van der Waals surface area (Å²) in [6.45, 7) is 3.57. The maximum atomic E-state index is 5.13. The first-order chi connectivity index (χ1) is 7.90. The van der Waals surface area contributed by atoms with Crippen molar-refractivity contribution in [2.24, 2.45) is 0 Å². The van der Waals surface area contributed by atoms with Gasteiger partial charge < -0.3 is 9.73 Å². The lowest BCUT2D eigenvalue weighted by Crippen LogP contribution is -2.14. The van der Waals surface area contributed by atoms with Crippen molar-refractivity contribution in [2.75, 3.05) is 0 Å². The first-order valence-electron chi connectivity index (χ1n) is 5.41. The van der Waals surface area contributed by atoms with Crippen LogP contribution in [0.15, 0.2) is 35.3 Å². The molecule has 0 unspecified atom stereocenters. The van der Waals surface area contributed by atoms with Crippen molar-refractivity contribution < 1.29 is 4.42 Å². The number of hydrogen-bond donors (Lipinski definition) is 1. The molecular formula is C12H15N3O. The molecule has 0 saturated carbocycles. The third-order valence-electron chi connectivity index (χ3n) is 2.44. The van der Waals surface area contributed by atoms with Crippen LogP contribution in [0, 0.1) is 0 Å². The molecule has 1 N–H and O–H groups in total. The SMILES string of the molecule is CCc1cccnc1CNCc1cnco1. The summed E-state index contributed by atoms with van der Waals surface area (Å²) in [7, 11) is 0. The van der Waals surface area contributed by atoms with Crippen LogP contribution in [-0.2, 0) is 19.5 Å². The van der Waals surface area contributed by atoms with E-state index in [0.29, 0.717) is 6.54 Å². The average Bonchev–Trinajstić information content (AvgIpc) is 2.83. The van der Waals surface area contributed by atoms with Crippen LogP contribution in [0.25, 0.3) is 0 Å². The highest BCUT2D eigenvalue weighted by molar-refractivity contribution is 5.19. The Morgan fingerprint density at radius 2 is 2.31 bits per heavy atom. The van der Waals surface area contributed by atoms with Crippen LogP contribution in [0.2, 0.25) is 0 Å². The van der Waals surface area contributed by atoms with E-state index in [2.05, 4.69) is 28.3 Å². The van der Waals surface area contributed by atoms with Crippen molar-refractivity contribution in [1.82, 2.24) is 15.3 Å². The van der Waals surface area contributed by atoms with E-state index in [0.717, 1.165) is 24.4 Å². The lowest BCUT2D eigenvalue weighted by atomic mass is 10.1. The number of oxazole rings is 1. The molecule has 0 atom stereocenters. The third kappa shape index (κ3) is 2.67. The maximum absolute atomic E-state index is 5.13. The summed E-state index contributed by atoms with van der Waals surface area (Å²) in [6.07, 6.45) is 5.99. The van der Waals surface area contributed by atoms with Crippen molar-refractivity contribution in [3.05, 3.63) is 47.9 Å². The second-order valence-electron chi connectivity index (χ2n) is 3.53. The van der Waals surface area contributed by atoms with E-state index in [9.17, 15) is 0 Å². The highest BCUT2D eigenvalue weighted by Crippen LogP contribution is 2.06. The monoisotopic (exact) mass is 217 g/mol. The van der Waals surface area contributed by atoms with Crippen molar-refractivity contribution >= 4 is 0 Å². The van der Waals surface area contributed by atoms with Gasteiger partial charge in [0.2, 0.25) is 0 Å². The lowest BCUT2D eigenvalue weighted by molar-refractivity contribution is 0.477. The molecule has 2 heterocycles. The second-order valence-corrected chi connectivity index (χ2v) is 3.53.